The van der Waals surface area contributed by atoms with Crippen molar-refractivity contribution in [1.82, 2.24) is 4.98 Å². The van der Waals surface area contributed by atoms with Gasteiger partial charge in [-0.25, -0.2) is 4.39 Å². The molecular weight excluding hydrogens is 196 g/mol. The number of hydrogen-bond donors (Lipinski definition) is 2. The fourth-order valence-corrected chi connectivity index (χ4v) is 1.56. The molecule has 0 amide bonds. The van der Waals surface area contributed by atoms with E-state index in [-0.39, 0.29) is 5.46 Å². The van der Waals surface area contributed by atoms with Gasteiger partial charge in [-0.15, -0.1) is 0 Å². The summed E-state index contributed by atoms with van der Waals surface area (Å²) in [6.45, 7) is 1.82. The smallest absolute Gasteiger partial charge is 0.423 e. The minimum Gasteiger partial charge on any atom is -0.423 e. The molecule has 2 aromatic rings. The van der Waals surface area contributed by atoms with Crippen molar-refractivity contribution in [3.05, 3.63) is 35.8 Å². The Morgan fingerprint density at radius 3 is 2.73 bits per heavy atom. The summed E-state index contributed by atoms with van der Waals surface area (Å²) in [6.07, 6.45) is 1.06. The van der Waals surface area contributed by atoms with Gasteiger partial charge < -0.3 is 10.0 Å². The molecule has 0 bridgehead atoms. The van der Waals surface area contributed by atoms with E-state index in [1.54, 1.807) is 12.1 Å². The van der Waals surface area contributed by atoms with Gasteiger partial charge in [0.05, 0.1) is 11.7 Å². The molecular formula is C10H9BFNO2. The van der Waals surface area contributed by atoms with Crippen molar-refractivity contribution in [3.63, 3.8) is 0 Å². The highest BCUT2D eigenvalue weighted by atomic mass is 19.1. The standard InChI is InChI=1S/C10H9BFNO2/c1-6-2-3-9(11(14)15)10-8(6)4-7(12)5-13-10/h2-5,14-15H,1H3. The van der Waals surface area contributed by atoms with Gasteiger partial charge in [0.1, 0.15) is 5.82 Å². The highest BCUT2D eigenvalue weighted by Gasteiger charge is 2.16. The van der Waals surface area contributed by atoms with E-state index >= 15 is 0 Å². The molecule has 0 saturated heterocycles. The molecule has 2 N–H and O–H groups in total. The zero-order valence-electron chi connectivity index (χ0n) is 8.11. The number of aryl methyl sites for hydroxylation is 1. The summed E-state index contributed by atoms with van der Waals surface area (Å²) in [4.78, 5) is 3.87. The van der Waals surface area contributed by atoms with Crippen LogP contribution in [-0.2, 0) is 0 Å². The Kier molecular flexibility index (Phi) is 2.42. The third-order valence-corrected chi connectivity index (χ3v) is 2.34. The van der Waals surface area contributed by atoms with Crippen molar-refractivity contribution >= 4 is 23.5 Å². The van der Waals surface area contributed by atoms with Crippen LogP contribution in [0.4, 0.5) is 4.39 Å². The van der Waals surface area contributed by atoms with E-state index in [0.29, 0.717) is 10.9 Å². The number of fused-ring (bicyclic) bond motifs is 1. The lowest BCUT2D eigenvalue weighted by Gasteiger charge is -2.06. The molecule has 0 fully saturated rings. The van der Waals surface area contributed by atoms with E-state index in [0.717, 1.165) is 11.8 Å². The number of halogens is 1. The highest BCUT2D eigenvalue weighted by Crippen LogP contribution is 2.15. The number of rotatable bonds is 1. The first-order valence-corrected chi connectivity index (χ1v) is 4.50. The third kappa shape index (κ3) is 1.71. The van der Waals surface area contributed by atoms with Gasteiger partial charge in [-0.3, -0.25) is 4.98 Å². The number of benzene rings is 1. The molecule has 1 aromatic heterocycles. The molecule has 15 heavy (non-hydrogen) atoms. The Labute approximate surface area is 86.3 Å². The summed E-state index contributed by atoms with van der Waals surface area (Å²) >= 11 is 0. The van der Waals surface area contributed by atoms with Crippen molar-refractivity contribution in [3.8, 4) is 0 Å². The van der Waals surface area contributed by atoms with Gasteiger partial charge in [0.15, 0.2) is 0 Å². The Bertz CT molecular complexity index is 516. The average Bonchev–Trinajstić information content (AvgIpc) is 2.19. The van der Waals surface area contributed by atoms with Gasteiger partial charge in [-0.05, 0) is 18.6 Å². The van der Waals surface area contributed by atoms with Crippen LogP contribution in [0.15, 0.2) is 24.4 Å². The molecule has 0 saturated carbocycles. The normalized spacial score (nSPS) is 10.7. The van der Waals surface area contributed by atoms with E-state index in [9.17, 15) is 4.39 Å². The summed E-state index contributed by atoms with van der Waals surface area (Å²) in [5.41, 5.74) is 1.56. The molecule has 1 heterocycles. The maximum atomic E-state index is 13.0. The molecule has 0 aliphatic heterocycles. The third-order valence-electron chi connectivity index (χ3n) is 2.34. The van der Waals surface area contributed by atoms with Crippen LogP contribution in [0, 0.1) is 12.7 Å². The summed E-state index contributed by atoms with van der Waals surface area (Å²) in [6, 6.07) is 4.62. The number of aromatic nitrogens is 1. The van der Waals surface area contributed by atoms with Crippen molar-refractivity contribution < 1.29 is 14.4 Å². The van der Waals surface area contributed by atoms with Crippen LogP contribution in [0.1, 0.15) is 5.56 Å². The molecule has 76 valence electrons. The molecule has 0 aliphatic rings. The van der Waals surface area contributed by atoms with Crippen molar-refractivity contribution in [2.45, 2.75) is 6.92 Å². The Hall–Kier alpha value is -1.46. The second-order valence-electron chi connectivity index (χ2n) is 3.40. The van der Waals surface area contributed by atoms with Crippen LogP contribution >= 0.6 is 0 Å². The molecule has 3 nitrogen and oxygen atoms in total. The molecule has 0 atom stereocenters. The van der Waals surface area contributed by atoms with E-state index in [1.165, 1.54) is 6.07 Å². The zero-order valence-corrected chi connectivity index (χ0v) is 8.11. The quantitative estimate of drug-likeness (QED) is 0.661. The maximum absolute atomic E-state index is 13.0. The SMILES string of the molecule is Cc1ccc(B(O)O)c2ncc(F)cc12. The Morgan fingerprint density at radius 1 is 1.33 bits per heavy atom. The van der Waals surface area contributed by atoms with Gasteiger partial charge >= 0.3 is 7.12 Å². The Morgan fingerprint density at radius 2 is 2.07 bits per heavy atom. The minimum atomic E-state index is -1.59. The van der Waals surface area contributed by atoms with Crippen LogP contribution in [0.2, 0.25) is 0 Å². The second kappa shape index (κ2) is 3.60. The monoisotopic (exact) mass is 205 g/mol. The Balaban J connectivity index is 2.82. The topological polar surface area (TPSA) is 53.4 Å². The van der Waals surface area contributed by atoms with Crippen LogP contribution < -0.4 is 5.46 Å². The van der Waals surface area contributed by atoms with E-state index in [4.69, 9.17) is 10.0 Å². The summed E-state index contributed by atoms with van der Waals surface area (Å²) < 4.78 is 13.0. The number of hydrogen-bond acceptors (Lipinski definition) is 3. The molecule has 0 radical (unpaired) electrons. The van der Waals surface area contributed by atoms with Crippen LogP contribution in [0.5, 0.6) is 0 Å². The predicted molar refractivity (Wildman–Crippen MR) is 56.3 cm³/mol. The summed E-state index contributed by atoms with van der Waals surface area (Å²) in [5, 5.41) is 18.8. The van der Waals surface area contributed by atoms with E-state index in [1.807, 2.05) is 6.92 Å². The van der Waals surface area contributed by atoms with Gasteiger partial charge in [0.25, 0.3) is 0 Å². The molecule has 1 aromatic carbocycles. The minimum absolute atomic E-state index is 0.288. The first-order valence-electron chi connectivity index (χ1n) is 4.50. The predicted octanol–water partition coefficient (Wildman–Crippen LogP) is 0.362. The summed E-state index contributed by atoms with van der Waals surface area (Å²) in [5.74, 6) is -0.435. The molecule has 0 aliphatic carbocycles. The van der Waals surface area contributed by atoms with E-state index in [2.05, 4.69) is 4.98 Å². The lowest BCUT2D eigenvalue weighted by Crippen LogP contribution is -2.31. The van der Waals surface area contributed by atoms with Crippen molar-refractivity contribution in [2.75, 3.05) is 0 Å². The van der Waals surface area contributed by atoms with Crippen LogP contribution in [-0.4, -0.2) is 22.2 Å². The lowest BCUT2D eigenvalue weighted by atomic mass is 9.78. The van der Waals surface area contributed by atoms with Crippen LogP contribution in [0.3, 0.4) is 0 Å². The zero-order chi connectivity index (χ0) is 11.0. The number of nitrogens with zero attached hydrogens (tertiary/aromatic N) is 1. The van der Waals surface area contributed by atoms with Gasteiger partial charge in [0, 0.05) is 10.8 Å². The average molecular weight is 205 g/mol. The molecule has 0 spiro atoms. The van der Waals surface area contributed by atoms with Crippen molar-refractivity contribution in [2.24, 2.45) is 0 Å². The lowest BCUT2D eigenvalue weighted by molar-refractivity contribution is 0.426. The maximum Gasteiger partial charge on any atom is 0.490 e. The molecule has 2 rings (SSSR count). The first kappa shape index (κ1) is 10.1. The molecule has 5 heteroatoms. The largest absolute Gasteiger partial charge is 0.490 e. The van der Waals surface area contributed by atoms with Crippen LogP contribution in [0.25, 0.3) is 10.9 Å². The van der Waals surface area contributed by atoms with Crippen molar-refractivity contribution in [1.29, 1.82) is 0 Å². The molecule has 0 unspecified atom stereocenters. The first-order chi connectivity index (χ1) is 7.09. The number of pyridine rings is 1. The highest BCUT2D eigenvalue weighted by molar-refractivity contribution is 6.61. The summed E-state index contributed by atoms with van der Waals surface area (Å²) in [7, 11) is -1.59. The van der Waals surface area contributed by atoms with Gasteiger partial charge in [-0.2, -0.15) is 0 Å². The van der Waals surface area contributed by atoms with Gasteiger partial charge in [-0.1, -0.05) is 12.1 Å². The fraction of sp³-hybridized carbons (Fsp3) is 0.100. The van der Waals surface area contributed by atoms with E-state index < -0.39 is 12.9 Å². The van der Waals surface area contributed by atoms with Gasteiger partial charge in [0.2, 0.25) is 0 Å². The fourth-order valence-electron chi connectivity index (χ4n) is 1.56. The second-order valence-corrected chi connectivity index (χ2v) is 3.40.